The molecule has 0 atom stereocenters. The summed E-state index contributed by atoms with van der Waals surface area (Å²) in [5.41, 5.74) is 28.0. The Morgan fingerprint density at radius 1 is 0.493 bits per heavy atom. The van der Waals surface area contributed by atoms with E-state index in [0.29, 0.717) is 0 Å². The van der Waals surface area contributed by atoms with Gasteiger partial charge in [-0.2, -0.15) is 0 Å². The predicted octanol–water partition coefficient (Wildman–Crippen LogP) is 17.5. The molecule has 2 aromatic heterocycles. The van der Waals surface area contributed by atoms with Crippen molar-refractivity contribution < 1.29 is 4.42 Å². The van der Waals surface area contributed by atoms with Crippen molar-refractivity contribution in [3.05, 3.63) is 148 Å². The highest BCUT2D eigenvalue weighted by Gasteiger charge is 2.51. The van der Waals surface area contributed by atoms with E-state index in [1.165, 1.54) is 153 Å². The van der Waals surface area contributed by atoms with Crippen molar-refractivity contribution in [3.63, 3.8) is 0 Å². The van der Waals surface area contributed by atoms with Gasteiger partial charge >= 0.3 is 6.85 Å². The van der Waals surface area contributed by atoms with Crippen LogP contribution in [-0.4, -0.2) is 11.4 Å². The van der Waals surface area contributed by atoms with Crippen molar-refractivity contribution in [2.24, 2.45) is 0 Å². The van der Waals surface area contributed by atoms with Gasteiger partial charge in [-0.25, -0.2) is 0 Å². The normalized spacial score (nSPS) is 19.2. The number of benzene rings is 7. The molecule has 0 bridgehead atoms. The van der Waals surface area contributed by atoms with Crippen molar-refractivity contribution in [1.29, 1.82) is 0 Å². The first-order valence-corrected chi connectivity index (χ1v) is 27.6. The molecule has 73 heavy (non-hydrogen) atoms. The molecule has 14 rings (SSSR count). The molecule has 368 valence electrons. The van der Waals surface area contributed by atoms with E-state index in [4.69, 9.17) is 4.42 Å². The lowest BCUT2D eigenvalue weighted by Gasteiger charge is -2.43. The van der Waals surface area contributed by atoms with Gasteiger partial charge in [0.15, 0.2) is 0 Å². The Balaban J connectivity index is 1.21. The molecule has 4 heteroatoms. The zero-order valence-corrected chi connectivity index (χ0v) is 46.5. The minimum atomic E-state index is -0.265. The first-order chi connectivity index (χ1) is 34.2. The highest BCUT2D eigenvalue weighted by molar-refractivity contribution is 6.94. The Bertz CT molecular complexity index is 3960. The van der Waals surface area contributed by atoms with E-state index in [0.717, 1.165) is 11.2 Å². The zero-order chi connectivity index (χ0) is 51.2. The van der Waals surface area contributed by atoms with Crippen molar-refractivity contribution >= 4 is 72.9 Å². The molecule has 3 nitrogen and oxygen atoms in total. The fourth-order valence-corrected chi connectivity index (χ4v) is 15.1. The molecule has 7 aromatic carbocycles. The number of hydrogen-bond acceptors (Lipinski definition) is 2. The maximum atomic E-state index is 7.27. The maximum absolute atomic E-state index is 7.27. The monoisotopic (exact) mass is 957 g/mol. The lowest BCUT2D eigenvalue weighted by Crippen LogP contribution is -2.61. The molecule has 0 amide bonds. The van der Waals surface area contributed by atoms with E-state index in [1.807, 2.05) is 0 Å². The van der Waals surface area contributed by atoms with Crippen LogP contribution < -0.4 is 15.7 Å². The number of hydrogen-bond donors (Lipinski definition) is 0. The first-order valence-electron chi connectivity index (χ1n) is 27.6. The molecular weight excluding hydrogens is 884 g/mol. The van der Waals surface area contributed by atoms with Gasteiger partial charge in [0, 0.05) is 49.6 Å². The van der Waals surface area contributed by atoms with Crippen LogP contribution in [0.15, 0.2) is 108 Å². The number of nitrogens with zero attached hydrogens (tertiary/aromatic N) is 2. The molecular formula is C69H73BN2O. The molecule has 5 aliphatic rings. The second-order valence-electron chi connectivity index (χ2n) is 28.7. The van der Waals surface area contributed by atoms with Crippen LogP contribution in [0.1, 0.15) is 181 Å². The van der Waals surface area contributed by atoms with Gasteiger partial charge in [-0.05, 0) is 185 Å². The van der Waals surface area contributed by atoms with Crippen LogP contribution in [0.25, 0.3) is 71.7 Å². The molecule has 2 aliphatic heterocycles. The van der Waals surface area contributed by atoms with Gasteiger partial charge in [0.1, 0.15) is 11.2 Å². The molecule has 4 heterocycles. The van der Waals surface area contributed by atoms with Crippen LogP contribution in [0.2, 0.25) is 0 Å². The minimum Gasteiger partial charge on any atom is -0.456 e. The summed E-state index contributed by atoms with van der Waals surface area (Å²) in [5, 5.41) is 5.23. The van der Waals surface area contributed by atoms with Crippen LogP contribution in [0.4, 0.5) is 11.4 Å². The molecule has 3 aliphatic carbocycles. The summed E-state index contributed by atoms with van der Waals surface area (Å²) >= 11 is 0. The zero-order valence-electron chi connectivity index (χ0n) is 46.5. The maximum Gasteiger partial charge on any atom is 0.333 e. The Morgan fingerprint density at radius 3 is 1.67 bits per heavy atom. The molecule has 9 aromatic rings. The van der Waals surface area contributed by atoms with Gasteiger partial charge in [-0.1, -0.05) is 159 Å². The predicted molar refractivity (Wildman–Crippen MR) is 313 cm³/mol. The average Bonchev–Trinajstić information content (AvgIpc) is 3.98. The molecule has 0 fully saturated rings. The van der Waals surface area contributed by atoms with Crippen LogP contribution in [-0.2, 0) is 37.9 Å². The van der Waals surface area contributed by atoms with Crippen LogP contribution in [0, 0.1) is 0 Å². The summed E-state index contributed by atoms with van der Waals surface area (Å²) in [6, 6.07) is 41.8. The van der Waals surface area contributed by atoms with E-state index < -0.39 is 0 Å². The average molecular weight is 957 g/mol. The van der Waals surface area contributed by atoms with Gasteiger partial charge in [0.25, 0.3) is 0 Å². The van der Waals surface area contributed by atoms with Gasteiger partial charge in [-0.15, -0.1) is 0 Å². The lowest BCUT2D eigenvalue weighted by atomic mass is 9.43. The van der Waals surface area contributed by atoms with Crippen molar-refractivity contribution in [2.75, 3.05) is 4.81 Å². The first kappa shape index (κ1) is 45.6. The third-order valence-corrected chi connectivity index (χ3v) is 19.8. The number of anilines is 2. The molecule has 0 unspecified atom stereocenters. The van der Waals surface area contributed by atoms with E-state index >= 15 is 0 Å². The Morgan fingerprint density at radius 2 is 1.04 bits per heavy atom. The van der Waals surface area contributed by atoms with Crippen LogP contribution >= 0.6 is 0 Å². The highest BCUT2D eigenvalue weighted by Crippen LogP contribution is 2.61. The number of furan rings is 1. The molecule has 0 N–H and O–H groups in total. The van der Waals surface area contributed by atoms with Crippen LogP contribution in [0.3, 0.4) is 0 Å². The summed E-state index contributed by atoms with van der Waals surface area (Å²) in [6.07, 6.45) is 4.69. The minimum absolute atomic E-state index is 0.0173. The van der Waals surface area contributed by atoms with Crippen molar-refractivity contribution in [2.45, 2.75) is 174 Å². The molecule has 0 spiro atoms. The molecule has 0 saturated heterocycles. The van der Waals surface area contributed by atoms with Gasteiger partial charge in [-0.3, -0.25) is 0 Å². The fraction of sp³-hybridized carbons (Fsp3) is 0.391. The third-order valence-electron chi connectivity index (χ3n) is 19.8. The third kappa shape index (κ3) is 5.90. The topological polar surface area (TPSA) is 21.3 Å². The summed E-state index contributed by atoms with van der Waals surface area (Å²) in [5.74, 6) is 0. The Kier molecular flexibility index (Phi) is 8.64. The highest BCUT2D eigenvalue weighted by atomic mass is 16.3. The standard InChI is InChI=1S/C69H73BN2O/c1-63(2,3)38-21-24-40(25-22-38)72-54-34-43-42-32-47-50(68(13,14)30-28-65(47,7)8)37-56(42)73-55(43)35-45(54)58-57-41-19-17-18-20-46(41)69(15,16)60(57)59-44-33-48-49(67(11,12)29-27-66(48,9)10)36-53(44)71-52-26-23-39(64(4,5)6)31-51(52)70(72)61(58)62(59)71/h17-26,31-37H,27-30H2,1-16H3. The largest absolute Gasteiger partial charge is 0.456 e. The molecule has 0 saturated carbocycles. The summed E-state index contributed by atoms with van der Waals surface area (Å²) in [6.45, 7) is 38.7. The van der Waals surface area contributed by atoms with E-state index in [-0.39, 0.29) is 44.8 Å². The second kappa shape index (κ2) is 13.8. The SMILES string of the molecule is CC(C)(C)c1ccc(N2B3c4cc(C(C)(C)C)ccc4-n4c5cc6c(cc5c5c7c(c(c3c54)-c3cc4oc5cc8c(cc5c4cc32)C(C)(C)CCC8(C)C)-c2ccccc2C7(C)C)C(C)(C)CCC6(C)C)cc1. The summed E-state index contributed by atoms with van der Waals surface area (Å²) in [7, 11) is 0. The second-order valence-corrected chi connectivity index (χ2v) is 28.7. The van der Waals surface area contributed by atoms with E-state index in [2.05, 4.69) is 223 Å². The molecule has 0 radical (unpaired) electrons. The Labute approximate surface area is 434 Å². The summed E-state index contributed by atoms with van der Waals surface area (Å²) in [4.78, 5) is 2.76. The van der Waals surface area contributed by atoms with Crippen molar-refractivity contribution in [3.8, 4) is 27.9 Å². The smallest absolute Gasteiger partial charge is 0.333 e. The lowest BCUT2D eigenvalue weighted by molar-refractivity contribution is 0.332. The number of rotatable bonds is 1. The number of aromatic nitrogens is 1. The summed E-state index contributed by atoms with van der Waals surface area (Å²) < 4.78 is 10.0. The van der Waals surface area contributed by atoms with Gasteiger partial charge in [0.2, 0.25) is 0 Å². The quantitative estimate of drug-likeness (QED) is 0.153. The van der Waals surface area contributed by atoms with E-state index in [9.17, 15) is 0 Å². The van der Waals surface area contributed by atoms with Crippen LogP contribution in [0.5, 0.6) is 0 Å². The Hall–Kier alpha value is -6.00. The van der Waals surface area contributed by atoms with E-state index in [1.54, 1.807) is 0 Å². The number of fused-ring (bicyclic) bond motifs is 18. The fourth-order valence-electron chi connectivity index (χ4n) is 15.1. The van der Waals surface area contributed by atoms with Gasteiger partial charge in [0.05, 0.1) is 11.0 Å². The van der Waals surface area contributed by atoms with Gasteiger partial charge < -0.3 is 13.8 Å². The van der Waals surface area contributed by atoms with Crippen molar-refractivity contribution in [1.82, 2.24) is 4.57 Å².